The molecule has 2 heterocycles. The summed E-state index contributed by atoms with van der Waals surface area (Å²) >= 11 is 3.50. The zero-order valence-corrected chi connectivity index (χ0v) is 14.2. The number of ether oxygens (including phenoxy) is 1. The summed E-state index contributed by atoms with van der Waals surface area (Å²) in [6.45, 7) is 6.24. The monoisotopic (exact) mass is 351 g/mol. The van der Waals surface area contributed by atoms with Crippen molar-refractivity contribution in [2.45, 2.75) is 38.8 Å². The number of hydrogen-bond acceptors (Lipinski definition) is 3. The highest BCUT2D eigenvalue weighted by molar-refractivity contribution is 9.10. The molecule has 1 aromatic carbocycles. The van der Waals surface area contributed by atoms with Crippen molar-refractivity contribution in [1.82, 2.24) is 5.32 Å². The summed E-state index contributed by atoms with van der Waals surface area (Å²) in [7, 11) is 0. The Bertz CT molecular complexity index is 610. The molecule has 0 amide bonds. The summed E-state index contributed by atoms with van der Waals surface area (Å²) in [5.41, 5.74) is 0.942. The van der Waals surface area contributed by atoms with Crippen LogP contribution in [0.25, 0.3) is 11.0 Å². The normalized spacial score (nSPS) is 23.8. The van der Waals surface area contributed by atoms with Crippen LogP contribution in [0.2, 0.25) is 0 Å². The zero-order valence-electron chi connectivity index (χ0n) is 12.6. The van der Waals surface area contributed by atoms with Gasteiger partial charge in [-0.1, -0.05) is 22.9 Å². The number of furan rings is 1. The molecule has 1 aromatic heterocycles. The highest BCUT2D eigenvalue weighted by Gasteiger charge is 2.27. The minimum atomic E-state index is 0.217. The van der Waals surface area contributed by atoms with Gasteiger partial charge in [0, 0.05) is 23.0 Å². The van der Waals surface area contributed by atoms with Gasteiger partial charge in [-0.2, -0.15) is 0 Å². The third-order valence-electron chi connectivity index (χ3n) is 4.36. The van der Waals surface area contributed by atoms with E-state index in [9.17, 15) is 0 Å². The van der Waals surface area contributed by atoms with Crippen LogP contribution >= 0.6 is 15.9 Å². The highest BCUT2D eigenvalue weighted by atomic mass is 79.9. The van der Waals surface area contributed by atoms with E-state index in [1.807, 2.05) is 12.1 Å². The van der Waals surface area contributed by atoms with E-state index in [4.69, 9.17) is 9.15 Å². The Labute approximate surface area is 134 Å². The van der Waals surface area contributed by atoms with E-state index in [1.165, 1.54) is 0 Å². The third-order valence-corrected chi connectivity index (χ3v) is 4.85. The molecular weight excluding hydrogens is 330 g/mol. The second kappa shape index (κ2) is 6.51. The molecule has 21 heavy (non-hydrogen) atoms. The average Bonchev–Trinajstić information content (AvgIpc) is 3.10. The largest absolute Gasteiger partial charge is 0.459 e. The van der Waals surface area contributed by atoms with Gasteiger partial charge in [-0.25, -0.2) is 0 Å². The molecule has 1 N–H and O–H groups in total. The van der Waals surface area contributed by atoms with Crippen molar-refractivity contribution in [3.63, 3.8) is 0 Å². The first kappa shape index (κ1) is 15.1. The predicted molar refractivity (Wildman–Crippen MR) is 88.5 cm³/mol. The van der Waals surface area contributed by atoms with E-state index in [-0.39, 0.29) is 6.04 Å². The molecule has 1 saturated heterocycles. The first-order chi connectivity index (χ1) is 10.2. The molecule has 3 atom stereocenters. The fraction of sp³-hybridized carbons (Fsp3) is 0.529. The molecule has 0 saturated carbocycles. The van der Waals surface area contributed by atoms with E-state index in [0.29, 0.717) is 12.0 Å². The maximum Gasteiger partial charge on any atom is 0.134 e. The summed E-state index contributed by atoms with van der Waals surface area (Å²) in [6.07, 6.45) is 2.67. The molecule has 4 heteroatoms. The zero-order chi connectivity index (χ0) is 14.8. The van der Waals surface area contributed by atoms with Crippen molar-refractivity contribution in [2.24, 2.45) is 5.92 Å². The van der Waals surface area contributed by atoms with Crippen LogP contribution < -0.4 is 5.32 Å². The van der Waals surface area contributed by atoms with Gasteiger partial charge in [0.25, 0.3) is 0 Å². The van der Waals surface area contributed by atoms with Crippen molar-refractivity contribution >= 4 is 26.9 Å². The second-order valence-corrected chi connectivity index (χ2v) is 6.74. The summed E-state index contributed by atoms with van der Waals surface area (Å²) in [4.78, 5) is 0. The minimum Gasteiger partial charge on any atom is -0.459 e. The number of halogens is 1. The highest BCUT2D eigenvalue weighted by Crippen LogP contribution is 2.28. The van der Waals surface area contributed by atoms with Crippen LogP contribution in [0.15, 0.2) is 33.2 Å². The summed E-state index contributed by atoms with van der Waals surface area (Å²) in [5.74, 6) is 1.62. The molecule has 114 valence electrons. The molecule has 1 aliphatic rings. The molecule has 0 bridgehead atoms. The first-order valence-corrected chi connectivity index (χ1v) is 8.50. The lowest BCUT2D eigenvalue weighted by molar-refractivity contribution is 0.0865. The molecule has 0 radical (unpaired) electrons. The smallest absolute Gasteiger partial charge is 0.134 e. The molecule has 3 rings (SSSR count). The molecular formula is C17H22BrNO2. The fourth-order valence-electron chi connectivity index (χ4n) is 3.05. The van der Waals surface area contributed by atoms with Gasteiger partial charge in [-0.15, -0.1) is 0 Å². The fourth-order valence-corrected chi connectivity index (χ4v) is 3.43. The van der Waals surface area contributed by atoms with Crippen LogP contribution in [0, 0.1) is 5.92 Å². The van der Waals surface area contributed by atoms with Crippen molar-refractivity contribution in [1.29, 1.82) is 0 Å². The second-order valence-electron chi connectivity index (χ2n) is 5.83. The van der Waals surface area contributed by atoms with Gasteiger partial charge >= 0.3 is 0 Å². The maximum absolute atomic E-state index is 5.94. The number of nitrogens with one attached hydrogen (secondary N) is 1. The number of fused-ring (bicyclic) bond motifs is 1. The van der Waals surface area contributed by atoms with Gasteiger partial charge in [0.2, 0.25) is 0 Å². The van der Waals surface area contributed by atoms with E-state index < -0.39 is 0 Å². The van der Waals surface area contributed by atoms with E-state index >= 15 is 0 Å². The van der Waals surface area contributed by atoms with Crippen LogP contribution in [0.5, 0.6) is 0 Å². The molecule has 0 spiro atoms. The quantitative estimate of drug-likeness (QED) is 0.850. The topological polar surface area (TPSA) is 34.4 Å². The van der Waals surface area contributed by atoms with E-state index in [0.717, 1.165) is 47.2 Å². The van der Waals surface area contributed by atoms with Crippen molar-refractivity contribution < 1.29 is 9.15 Å². The molecule has 3 unspecified atom stereocenters. The number of rotatable bonds is 5. The standard InChI is InChI=1S/C17H22BrNO2/c1-3-15-12(6-7-20-15)10-19-11(2)17-9-13-8-14(18)4-5-16(13)21-17/h4-5,8-9,11-12,15,19H,3,6-7,10H2,1-2H3. The molecule has 1 aliphatic heterocycles. The van der Waals surface area contributed by atoms with Crippen molar-refractivity contribution in [3.05, 3.63) is 34.5 Å². The van der Waals surface area contributed by atoms with Gasteiger partial charge in [-0.3, -0.25) is 0 Å². The SMILES string of the molecule is CCC1OCCC1CNC(C)c1cc2cc(Br)ccc2o1. The predicted octanol–water partition coefficient (Wildman–Crippen LogP) is 4.66. The van der Waals surface area contributed by atoms with Crippen LogP contribution in [0.4, 0.5) is 0 Å². The van der Waals surface area contributed by atoms with Crippen LogP contribution in [0.1, 0.15) is 38.5 Å². The maximum atomic E-state index is 5.94. The van der Waals surface area contributed by atoms with Gasteiger partial charge in [-0.05, 0) is 49.9 Å². The van der Waals surface area contributed by atoms with Crippen molar-refractivity contribution in [3.8, 4) is 0 Å². The molecule has 3 nitrogen and oxygen atoms in total. The minimum absolute atomic E-state index is 0.217. The van der Waals surface area contributed by atoms with Gasteiger partial charge in [0.05, 0.1) is 12.1 Å². The lowest BCUT2D eigenvalue weighted by atomic mass is 9.99. The van der Waals surface area contributed by atoms with Crippen molar-refractivity contribution in [2.75, 3.05) is 13.2 Å². The van der Waals surface area contributed by atoms with Gasteiger partial charge in [0.1, 0.15) is 11.3 Å². The molecule has 0 aliphatic carbocycles. The Morgan fingerprint density at radius 3 is 3.05 bits per heavy atom. The summed E-state index contributed by atoms with van der Waals surface area (Å²) in [6, 6.07) is 8.45. The van der Waals surface area contributed by atoms with Crippen LogP contribution in [-0.4, -0.2) is 19.3 Å². The Hall–Kier alpha value is -0.840. The Balaban J connectivity index is 1.65. The first-order valence-electron chi connectivity index (χ1n) is 7.71. The average molecular weight is 352 g/mol. The van der Waals surface area contributed by atoms with Gasteiger partial charge in [0.15, 0.2) is 0 Å². The summed E-state index contributed by atoms with van der Waals surface area (Å²) < 4.78 is 12.8. The number of benzene rings is 1. The van der Waals surface area contributed by atoms with Gasteiger partial charge < -0.3 is 14.5 Å². The Kier molecular flexibility index (Phi) is 4.67. The lowest BCUT2D eigenvalue weighted by Crippen LogP contribution is -2.30. The lowest BCUT2D eigenvalue weighted by Gasteiger charge is -2.19. The third kappa shape index (κ3) is 3.33. The summed E-state index contributed by atoms with van der Waals surface area (Å²) in [5, 5.41) is 4.74. The van der Waals surface area contributed by atoms with E-state index in [2.05, 4.69) is 47.2 Å². The van der Waals surface area contributed by atoms with Crippen LogP contribution in [-0.2, 0) is 4.74 Å². The molecule has 1 fully saturated rings. The Morgan fingerprint density at radius 2 is 2.24 bits per heavy atom. The molecule has 2 aromatic rings. The Morgan fingerprint density at radius 1 is 1.38 bits per heavy atom. The van der Waals surface area contributed by atoms with E-state index in [1.54, 1.807) is 0 Å². The van der Waals surface area contributed by atoms with Crippen LogP contribution in [0.3, 0.4) is 0 Å². The number of hydrogen-bond donors (Lipinski definition) is 1.